The lowest BCUT2D eigenvalue weighted by Gasteiger charge is -2.07. The summed E-state index contributed by atoms with van der Waals surface area (Å²) < 4.78 is 0. The number of anilines is 1. The lowest BCUT2D eigenvalue weighted by atomic mass is 10.2. The second-order valence-corrected chi connectivity index (χ2v) is 3.89. The molecular formula is C10H14ClN3O2. The molecule has 0 spiro atoms. The van der Waals surface area contributed by atoms with E-state index >= 15 is 0 Å². The van der Waals surface area contributed by atoms with Crippen LogP contribution in [-0.4, -0.2) is 28.6 Å². The number of hydrogen-bond acceptors (Lipinski definition) is 4. The third kappa shape index (κ3) is 3.67. The smallest absolute Gasteiger partial charge is 0.252 e. The van der Waals surface area contributed by atoms with E-state index in [4.69, 9.17) is 22.4 Å². The summed E-state index contributed by atoms with van der Waals surface area (Å²) in [6.45, 7) is 2.06. The van der Waals surface area contributed by atoms with E-state index in [1.54, 1.807) is 6.92 Å². The van der Waals surface area contributed by atoms with Crippen LogP contribution in [0.5, 0.6) is 0 Å². The Morgan fingerprint density at radius 3 is 3.00 bits per heavy atom. The van der Waals surface area contributed by atoms with Crippen LogP contribution < -0.4 is 11.1 Å². The maximum Gasteiger partial charge on any atom is 0.252 e. The van der Waals surface area contributed by atoms with Crippen molar-refractivity contribution in [3.05, 3.63) is 22.8 Å². The predicted octanol–water partition coefficient (Wildman–Crippen LogP) is 0.818. The fraction of sp³-hybridized carbons (Fsp3) is 0.400. The van der Waals surface area contributed by atoms with Gasteiger partial charge in [0.2, 0.25) is 0 Å². The molecule has 0 bridgehead atoms. The molecule has 1 atom stereocenters. The lowest BCUT2D eigenvalue weighted by Crippen LogP contribution is -2.26. The standard InChI is InChI=1S/C10H14ClN3O2/c1-6(15)2-3-13-10(16)7-4-8(11)9(12)14-5-7/h4-6,15H,2-3H2,1H3,(H2,12,14)(H,13,16). The van der Waals surface area contributed by atoms with Crippen LogP contribution in [0.15, 0.2) is 12.3 Å². The first-order valence-corrected chi connectivity index (χ1v) is 5.25. The van der Waals surface area contributed by atoms with Crippen molar-refractivity contribution in [3.63, 3.8) is 0 Å². The summed E-state index contributed by atoms with van der Waals surface area (Å²) in [5.74, 6) is -0.0859. The zero-order chi connectivity index (χ0) is 12.1. The summed E-state index contributed by atoms with van der Waals surface area (Å²) in [6, 6.07) is 1.46. The zero-order valence-electron chi connectivity index (χ0n) is 8.90. The number of pyridine rings is 1. The van der Waals surface area contributed by atoms with Gasteiger partial charge in [-0.15, -0.1) is 0 Å². The first-order valence-electron chi connectivity index (χ1n) is 4.88. The topological polar surface area (TPSA) is 88.2 Å². The van der Waals surface area contributed by atoms with Crippen LogP contribution in [0.25, 0.3) is 0 Å². The molecule has 0 radical (unpaired) electrons. The number of aliphatic hydroxyl groups excluding tert-OH is 1. The zero-order valence-corrected chi connectivity index (χ0v) is 9.66. The number of aromatic nitrogens is 1. The maximum absolute atomic E-state index is 11.6. The molecule has 16 heavy (non-hydrogen) atoms. The van der Waals surface area contributed by atoms with E-state index in [0.717, 1.165) is 0 Å². The van der Waals surface area contributed by atoms with Gasteiger partial charge in [0, 0.05) is 12.7 Å². The van der Waals surface area contributed by atoms with E-state index in [1.807, 2.05) is 0 Å². The van der Waals surface area contributed by atoms with Crippen LogP contribution in [0, 0.1) is 0 Å². The van der Waals surface area contributed by atoms with Crippen LogP contribution in [0.3, 0.4) is 0 Å². The summed E-state index contributed by atoms with van der Waals surface area (Å²) >= 11 is 5.73. The van der Waals surface area contributed by atoms with Crippen molar-refractivity contribution in [1.29, 1.82) is 0 Å². The van der Waals surface area contributed by atoms with Crippen LogP contribution >= 0.6 is 11.6 Å². The lowest BCUT2D eigenvalue weighted by molar-refractivity contribution is 0.0945. The SMILES string of the molecule is CC(O)CCNC(=O)c1cnc(N)c(Cl)c1. The van der Waals surface area contributed by atoms with E-state index in [0.29, 0.717) is 18.5 Å². The molecule has 4 N–H and O–H groups in total. The molecule has 6 heteroatoms. The average molecular weight is 244 g/mol. The molecule has 1 aromatic heterocycles. The molecule has 0 aliphatic carbocycles. The number of nitrogens with one attached hydrogen (secondary N) is 1. The van der Waals surface area contributed by atoms with Crippen molar-refractivity contribution in [2.45, 2.75) is 19.4 Å². The Morgan fingerprint density at radius 1 is 1.75 bits per heavy atom. The molecule has 0 aliphatic heterocycles. The van der Waals surface area contributed by atoms with Gasteiger partial charge in [-0.25, -0.2) is 4.98 Å². The van der Waals surface area contributed by atoms with Gasteiger partial charge < -0.3 is 16.2 Å². The second-order valence-electron chi connectivity index (χ2n) is 3.48. The van der Waals surface area contributed by atoms with Crippen molar-refractivity contribution in [2.24, 2.45) is 0 Å². The highest BCUT2D eigenvalue weighted by molar-refractivity contribution is 6.33. The van der Waals surface area contributed by atoms with Gasteiger partial charge in [-0.2, -0.15) is 0 Å². The Hall–Kier alpha value is -1.33. The summed E-state index contributed by atoms with van der Waals surface area (Å²) in [4.78, 5) is 15.3. The number of aliphatic hydroxyl groups is 1. The van der Waals surface area contributed by atoms with Crippen molar-refractivity contribution in [2.75, 3.05) is 12.3 Å². The van der Waals surface area contributed by atoms with Crippen LogP contribution in [-0.2, 0) is 0 Å². The van der Waals surface area contributed by atoms with Gasteiger partial charge in [-0.3, -0.25) is 4.79 Å². The molecule has 88 valence electrons. The van der Waals surface area contributed by atoms with E-state index in [1.165, 1.54) is 12.3 Å². The third-order valence-corrected chi connectivity index (χ3v) is 2.28. The molecular weight excluding hydrogens is 230 g/mol. The Labute approximate surface area is 98.6 Å². The van der Waals surface area contributed by atoms with Crippen LogP contribution in [0.4, 0.5) is 5.82 Å². The van der Waals surface area contributed by atoms with E-state index < -0.39 is 6.10 Å². The number of nitrogens with zero attached hydrogens (tertiary/aromatic N) is 1. The normalized spacial score (nSPS) is 12.2. The fourth-order valence-corrected chi connectivity index (χ4v) is 1.24. The quantitative estimate of drug-likeness (QED) is 0.731. The number of carbonyl (C=O) groups is 1. The minimum absolute atomic E-state index is 0.196. The molecule has 0 aliphatic rings. The minimum Gasteiger partial charge on any atom is -0.393 e. The average Bonchev–Trinajstić information content (AvgIpc) is 2.21. The molecule has 1 unspecified atom stereocenters. The predicted molar refractivity (Wildman–Crippen MR) is 62.3 cm³/mol. The first-order chi connectivity index (χ1) is 7.50. The number of nitrogen functional groups attached to an aromatic ring is 1. The highest BCUT2D eigenvalue weighted by Crippen LogP contribution is 2.16. The fourth-order valence-electron chi connectivity index (χ4n) is 1.07. The molecule has 1 amide bonds. The second kappa shape index (κ2) is 5.67. The van der Waals surface area contributed by atoms with Gasteiger partial charge >= 0.3 is 0 Å². The molecule has 5 nitrogen and oxygen atoms in total. The van der Waals surface area contributed by atoms with Crippen molar-refractivity contribution in [1.82, 2.24) is 10.3 Å². The highest BCUT2D eigenvalue weighted by atomic mass is 35.5. The van der Waals surface area contributed by atoms with Gasteiger partial charge in [-0.05, 0) is 19.4 Å². The largest absolute Gasteiger partial charge is 0.393 e. The number of halogens is 1. The molecule has 1 aromatic rings. The minimum atomic E-state index is -0.437. The Balaban J connectivity index is 2.56. The summed E-state index contributed by atoms with van der Waals surface area (Å²) in [5.41, 5.74) is 5.77. The third-order valence-electron chi connectivity index (χ3n) is 1.98. The van der Waals surface area contributed by atoms with Crippen molar-refractivity contribution in [3.8, 4) is 0 Å². The molecule has 0 aromatic carbocycles. The van der Waals surface area contributed by atoms with Gasteiger partial charge in [0.15, 0.2) is 0 Å². The van der Waals surface area contributed by atoms with Crippen LogP contribution in [0.1, 0.15) is 23.7 Å². The number of amides is 1. The number of carbonyl (C=O) groups excluding carboxylic acids is 1. The first kappa shape index (κ1) is 12.7. The van der Waals surface area contributed by atoms with E-state index in [2.05, 4.69) is 10.3 Å². The summed E-state index contributed by atoms with van der Waals surface area (Å²) in [6.07, 6.45) is 1.43. The van der Waals surface area contributed by atoms with Crippen molar-refractivity contribution < 1.29 is 9.90 Å². The number of hydrogen-bond donors (Lipinski definition) is 3. The Morgan fingerprint density at radius 2 is 2.44 bits per heavy atom. The highest BCUT2D eigenvalue weighted by Gasteiger charge is 2.08. The molecule has 0 fully saturated rings. The van der Waals surface area contributed by atoms with E-state index in [-0.39, 0.29) is 16.7 Å². The molecule has 0 saturated carbocycles. The van der Waals surface area contributed by atoms with Gasteiger partial charge in [0.1, 0.15) is 5.82 Å². The monoisotopic (exact) mass is 243 g/mol. The molecule has 1 rings (SSSR count). The molecule has 1 heterocycles. The Kier molecular flexibility index (Phi) is 4.52. The summed E-state index contributed by atoms with van der Waals surface area (Å²) in [7, 11) is 0. The van der Waals surface area contributed by atoms with E-state index in [9.17, 15) is 4.79 Å². The van der Waals surface area contributed by atoms with Crippen LogP contribution in [0.2, 0.25) is 5.02 Å². The Bertz CT molecular complexity index is 382. The maximum atomic E-state index is 11.6. The molecule has 0 saturated heterocycles. The van der Waals surface area contributed by atoms with Gasteiger partial charge in [-0.1, -0.05) is 11.6 Å². The number of rotatable bonds is 4. The van der Waals surface area contributed by atoms with Gasteiger partial charge in [0.25, 0.3) is 5.91 Å². The number of nitrogens with two attached hydrogens (primary N) is 1. The van der Waals surface area contributed by atoms with Gasteiger partial charge in [0.05, 0.1) is 16.7 Å². The van der Waals surface area contributed by atoms with Crippen molar-refractivity contribution >= 4 is 23.3 Å². The summed E-state index contributed by atoms with van der Waals surface area (Å²) in [5, 5.41) is 11.9.